The van der Waals surface area contributed by atoms with Gasteiger partial charge in [0.15, 0.2) is 0 Å². The normalized spacial score (nSPS) is 19.6. The molecule has 1 aromatic rings. The minimum Gasteiger partial charge on any atom is -0.354 e. The van der Waals surface area contributed by atoms with E-state index >= 15 is 0 Å². The van der Waals surface area contributed by atoms with Crippen LogP contribution in [0.2, 0.25) is 0 Å². The van der Waals surface area contributed by atoms with E-state index in [1.807, 2.05) is 0 Å². The molecule has 1 aromatic carbocycles. The van der Waals surface area contributed by atoms with Crippen LogP contribution in [-0.2, 0) is 10.2 Å². The van der Waals surface area contributed by atoms with Crippen LogP contribution in [0.15, 0.2) is 24.3 Å². The van der Waals surface area contributed by atoms with Crippen LogP contribution < -0.4 is 10.6 Å². The molecule has 0 radical (unpaired) electrons. The summed E-state index contributed by atoms with van der Waals surface area (Å²) in [7, 11) is 1.79. The largest absolute Gasteiger partial charge is 0.354 e. The van der Waals surface area contributed by atoms with Gasteiger partial charge < -0.3 is 10.6 Å². The van der Waals surface area contributed by atoms with E-state index in [9.17, 15) is 4.79 Å². The first-order valence-corrected chi connectivity index (χ1v) is 7.05. The van der Waals surface area contributed by atoms with E-state index in [-0.39, 0.29) is 23.7 Å². The summed E-state index contributed by atoms with van der Waals surface area (Å²) in [4.78, 5) is 11.6. The first kappa shape index (κ1) is 17.0. The second-order valence-electron chi connectivity index (χ2n) is 6.04. The van der Waals surface area contributed by atoms with Gasteiger partial charge in [-0.1, -0.05) is 38.1 Å². The lowest BCUT2D eigenvalue weighted by molar-refractivity contribution is -0.120. The van der Waals surface area contributed by atoms with Gasteiger partial charge in [-0.15, -0.1) is 12.4 Å². The molecule has 4 heteroatoms. The Morgan fingerprint density at radius 2 is 2.05 bits per heavy atom. The third-order valence-electron chi connectivity index (χ3n) is 4.13. The van der Waals surface area contributed by atoms with Gasteiger partial charge in [-0.25, -0.2) is 0 Å². The van der Waals surface area contributed by atoms with Gasteiger partial charge in [0.1, 0.15) is 0 Å². The minimum absolute atomic E-state index is 0. The molecule has 0 aliphatic heterocycles. The van der Waals surface area contributed by atoms with Crippen LogP contribution in [0, 0.1) is 0 Å². The number of amides is 1. The van der Waals surface area contributed by atoms with E-state index in [0.29, 0.717) is 12.5 Å². The van der Waals surface area contributed by atoms with Crippen molar-refractivity contribution in [1.29, 1.82) is 0 Å². The SMILES string of the molecule is CNCC(=O)NCC1CCC(C)(C)c2ccccc21.Cl. The molecule has 3 nitrogen and oxygen atoms in total. The van der Waals surface area contributed by atoms with E-state index in [0.717, 1.165) is 13.0 Å². The summed E-state index contributed by atoms with van der Waals surface area (Å²) in [6.45, 7) is 5.75. The quantitative estimate of drug-likeness (QED) is 0.897. The average Bonchev–Trinajstić information content (AvgIpc) is 2.38. The lowest BCUT2D eigenvalue weighted by Crippen LogP contribution is -2.37. The van der Waals surface area contributed by atoms with Crippen molar-refractivity contribution >= 4 is 18.3 Å². The zero-order chi connectivity index (χ0) is 13.9. The molecule has 1 amide bonds. The topological polar surface area (TPSA) is 41.1 Å². The highest BCUT2D eigenvalue weighted by atomic mass is 35.5. The Morgan fingerprint density at radius 3 is 2.75 bits per heavy atom. The van der Waals surface area contributed by atoms with Gasteiger partial charge >= 0.3 is 0 Å². The Morgan fingerprint density at radius 1 is 1.35 bits per heavy atom. The van der Waals surface area contributed by atoms with Gasteiger partial charge in [-0.2, -0.15) is 0 Å². The van der Waals surface area contributed by atoms with E-state index in [2.05, 4.69) is 48.7 Å². The summed E-state index contributed by atoms with van der Waals surface area (Å²) in [6, 6.07) is 8.66. The molecule has 2 N–H and O–H groups in total. The molecule has 0 saturated heterocycles. The molecule has 1 aliphatic carbocycles. The minimum atomic E-state index is 0. The maximum Gasteiger partial charge on any atom is 0.233 e. The summed E-state index contributed by atoms with van der Waals surface area (Å²) >= 11 is 0. The molecule has 112 valence electrons. The summed E-state index contributed by atoms with van der Waals surface area (Å²) in [5, 5.41) is 5.90. The zero-order valence-corrected chi connectivity index (χ0v) is 13.3. The fraction of sp³-hybridized carbons (Fsp3) is 0.562. The Hall–Kier alpha value is -1.06. The zero-order valence-electron chi connectivity index (χ0n) is 12.5. The molecule has 2 rings (SSSR count). The highest BCUT2D eigenvalue weighted by molar-refractivity contribution is 5.85. The van der Waals surface area contributed by atoms with Crippen molar-refractivity contribution in [3.05, 3.63) is 35.4 Å². The molecule has 0 heterocycles. The predicted molar refractivity (Wildman–Crippen MR) is 85.6 cm³/mol. The fourth-order valence-electron chi connectivity index (χ4n) is 2.97. The predicted octanol–water partition coefficient (Wildman–Crippen LogP) is 2.60. The molecule has 0 spiro atoms. The number of hydrogen-bond acceptors (Lipinski definition) is 2. The number of nitrogens with one attached hydrogen (secondary N) is 2. The molecule has 0 aromatic heterocycles. The third kappa shape index (κ3) is 3.74. The Bertz CT molecular complexity index is 460. The van der Waals surface area contributed by atoms with Gasteiger partial charge in [0, 0.05) is 12.5 Å². The first-order chi connectivity index (χ1) is 9.04. The van der Waals surface area contributed by atoms with Crippen molar-refractivity contribution in [2.24, 2.45) is 0 Å². The maximum absolute atomic E-state index is 11.6. The molecule has 20 heavy (non-hydrogen) atoms. The van der Waals surface area contributed by atoms with Crippen LogP contribution >= 0.6 is 12.4 Å². The number of rotatable bonds is 4. The molecular formula is C16H25ClN2O. The molecule has 0 saturated carbocycles. The Kier molecular flexibility index (Phi) is 6.03. The lowest BCUT2D eigenvalue weighted by atomic mass is 9.69. The van der Waals surface area contributed by atoms with Crippen molar-refractivity contribution in [3.63, 3.8) is 0 Å². The number of fused-ring (bicyclic) bond motifs is 1. The van der Waals surface area contributed by atoms with Crippen LogP contribution in [-0.4, -0.2) is 26.0 Å². The van der Waals surface area contributed by atoms with E-state index < -0.39 is 0 Å². The number of carbonyl (C=O) groups is 1. The van der Waals surface area contributed by atoms with E-state index in [4.69, 9.17) is 0 Å². The van der Waals surface area contributed by atoms with Crippen molar-refractivity contribution in [2.45, 2.75) is 38.0 Å². The van der Waals surface area contributed by atoms with Crippen LogP contribution in [0.4, 0.5) is 0 Å². The van der Waals surface area contributed by atoms with Gasteiger partial charge in [-0.3, -0.25) is 4.79 Å². The number of benzene rings is 1. The maximum atomic E-state index is 11.6. The molecular weight excluding hydrogens is 272 g/mol. The van der Waals surface area contributed by atoms with Gasteiger partial charge in [0.2, 0.25) is 5.91 Å². The van der Waals surface area contributed by atoms with Crippen LogP contribution in [0.3, 0.4) is 0 Å². The summed E-state index contributed by atoms with van der Waals surface area (Å²) in [5.74, 6) is 0.523. The number of carbonyl (C=O) groups excluding carboxylic acids is 1. The molecule has 1 aliphatic rings. The van der Waals surface area contributed by atoms with Crippen molar-refractivity contribution in [2.75, 3.05) is 20.1 Å². The highest BCUT2D eigenvalue weighted by Gasteiger charge is 2.32. The van der Waals surface area contributed by atoms with Crippen molar-refractivity contribution < 1.29 is 4.79 Å². The Labute approximate surface area is 127 Å². The van der Waals surface area contributed by atoms with E-state index in [1.54, 1.807) is 7.05 Å². The third-order valence-corrected chi connectivity index (χ3v) is 4.13. The second kappa shape index (κ2) is 7.09. The van der Waals surface area contributed by atoms with Gasteiger partial charge in [0.05, 0.1) is 6.54 Å². The van der Waals surface area contributed by atoms with E-state index in [1.165, 1.54) is 17.5 Å². The summed E-state index contributed by atoms with van der Waals surface area (Å²) in [5.41, 5.74) is 3.10. The average molecular weight is 297 g/mol. The first-order valence-electron chi connectivity index (χ1n) is 7.05. The Balaban J connectivity index is 0.00000200. The van der Waals surface area contributed by atoms with Gasteiger partial charge in [0.25, 0.3) is 0 Å². The monoisotopic (exact) mass is 296 g/mol. The number of hydrogen-bond donors (Lipinski definition) is 2. The van der Waals surface area contributed by atoms with Crippen molar-refractivity contribution in [1.82, 2.24) is 10.6 Å². The highest BCUT2D eigenvalue weighted by Crippen LogP contribution is 2.41. The smallest absolute Gasteiger partial charge is 0.233 e. The molecule has 1 unspecified atom stereocenters. The number of likely N-dealkylation sites (N-methyl/N-ethyl adjacent to an activating group) is 1. The van der Waals surface area contributed by atoms with Crippen LogP contribution in [0.5, 0.6) is 0 Å². The number of halogens is 1. The van der Waals surface area contributed by atoms with Crippen LogP contribution in [0.25, 0.3) is 0 Å². The van der Waals surface area contributed by atoms with Crippen molar-refractivity contribution in [3.8, 4) is 0 Å². The van der Waals surface area contributed by atoms with Crippen LogP contribution in [0.1, 0.15) is 43.7 Å². The summed E-state index contributed by atoms with van der Waals surface area (Å²) in [6.07, 6.45) is 2.32. The molecule has 0 bridgehead atoms. The summed E-state index contributed by atoms with van der Waals surface area (Å²) < 4.78 is 0. The molecule has 0 fully saturated rings. The molecule has 1 atom stereocenters. The standard InChI is InChI=1S/C16H24N2O.ClH/c1-16(2)9-8-12(10-18-15(19)11-17-3)13-6-4-5-7-14(13)16;/h4-7,12,17H,8-11H2,1-3H3,(H,18,19);1H. The van der Waals surface area contributed by atoms with Gasteiger partial charge in [-0.05, 0) is 36.4 Å². The fourth-order valence-corrected chi connectivity index (χ4v) is 2.97. The second-order valence-corrected chi connectivity index (χ2v) is 6.04. The lowest BCUT2D eigenvalue weighted by Gasteiger charge is -2.37.